The van der Waals surface area contributed by atoms with E-state index >= 15 is 0 Å². The molecule has 2 N–H and O–H groups in total. The Kier molecular flexibility index (Phi) is 5.18. The van der Waals surface area contributed by atoms with Crippen molar-refractivity contribution in [1.82, 2.24) is 0 Å². The number of anilines is 1. The van der Waals surface area contributed by atoms with Crippen LogP contribution in [0.25, 0.3) is 0 Å². The zero-order chi connectivity index (χ0) is 14.4. The van der Waals surface area contributed by atoms with Crippen LogP contribution in [-0.2, 0) is 29.0 Å². The highest BCUT2D eigenvalue weighted by molar-refractivity contribution is 7.11. The molecule has 0 aliphatic heterocycles. The molecular weight excluding hydrogens is 270 g/mol. The molecule has 0 bridgehead atoms. The van der Waals surface area contributed by atoms with Gasteiger partial charge in [0.25, 0.3) is 0 Å². The summed E-state index contributed by atoms with van der Waals surface area (Å²) in [5.74, 6) is -0.159. The van der Waals surface area contributed by atoms with E-state index in [4.69, 9.17) is 10.5 Å². The van der Waals surface area contributed by atoms with E-state index in [1.807, 2.05) is 30.3 Å². The molecule has 0 aliphatic rings. The summed E-state index contributed by atoms with van der Waals surface area (Å²) in [4.78, 5) is 14.1. The second-order valence-corrected chi connectivity index (χ2v) is 5.88. The maximum atomic E-state index is 11.7. The van der Waals surface area contributed by atoms with Crippen LogP contribution in [0.5, 0.6) is 0 Å². The number of hydrogen-bond acceptors (Lipinski definition) is 4. The Morgan fingerprint density at radius 2 is 1.85 bits per heavy atom. The second kappa shape index (κ2) is 7.10. The van der Waals surface area contributed by atoms with Gasteiger partial charge in [-0.3, -0.25) is 4.79 Å². The number of thiophene rings is 1. The molecule has 0 saturated carbocycles. The molecule has 0 fully saturated rings. The Labute approximate surface area is 123 Å². The third-order valence-electron chi connectivity index (χ3n) is 3.04. The Bertz CT molecular complexity index is 560. The minimum Gasteiger partial charge on any atom is -0.460 e. The van der Waals surface area contributed by atoms with Crippen molar-refractivity contribution >= 4 is 23.0 Å². The average Bonchev–Trinajstić information content (AvgIpc) is 2.92. The molecule has 0 aliphatic carbocycles. The second-order valence-electron chi connectivity index (χ2n) is 4.62. The monoisotopic (exact) mass is 289 g/mol. The summed E-state index contributed by atoms with van der Waals surface area (Å²) in [5, 5.41) is 0. The fourth-order valence-electron chi connectivity index (χ4n) is 1.84. The average molecular weight is 289 g/mol. The molecule has 0 atom stereocenters. The maximum Gasteiger partial charge on any atom is 0.306 e. The molecule has 0 amide bonds. The van der Waals surface area contributed by atoms with E-state index in [-0.39, 0.29) is 5.97 Å². The van der Waals surface area contributed by atoms with E-state index in [1.165, 1.54) is 4.88 Å². The quantitative estimate of drug-likeness (QED) is 0.653. The minimum absolute atomic E-state index is 0.159. The number of carbonyl (C=O) groups excluding carboxylic acids is 1. The highest BCUT2D eigenvalue weighted by Crippen LogP contribution is 2.18. The van der Waals surface area contributed by atoms with Gasteiger partial charge in [0.05, 0.1) is 0 Å². The maximum absolute atomic E-state index is 11.7. The normalized spacial score (nSPS) is 10.4. The van der Waals surface area contributed by atoms with Crippen LogP contribution in [0.4, 0.5) is 5.69 Å². The number of ether oxygens (including phenoxy) is 1. The van der Waals surface area contributed by atoms with Gasteiger partial charge in [0.15, 0.2) is 0 Å². The highest BCUT2D eigenvalue weighted by Gasteiger charge is 2.06. The number of hydrogen-bond donors (Lipinski definition) is 1. The van der Waals surface area contributed by atoms with E-state index in [0.29, 0.717) is 19.4 Å². The predicted octanol–water partition coefficient (Wildman–Crippen LogP) is 3.57. The molecule has 0 unspecified atom stereocenters. The van der Waals surface area contributed by atoms with Gasteiger partial charge in [-0.05, 0) is 42.7 Å². The zero-order valence-corrected chi connectivity index (χ0v) is 12.4. The fraction of sp³-hybridized carbons (Fsp3) is 0.312. The Morgan fingerprint density at radius 3 is 2.50 bits per heavy atom. The minimum atomic E-state index is -0.159. The first-order valence-electron chi connectivity index (χ1n) is 6.75. The summed E-state index contributed by atoms with van der Waals surface area (Å²) >= 11 is 1.70. The van der Waals surface area contributed by atoms with Gasteiger partial charge in [-0.25, -0.2) is 0 Å². The summed E-state index contributed by atoms with van der Waals surface area (Å²) in [6, 6.07) is 11.7. The molecule has 0 saturated heterocycles. The molecule has 2 aromatic rings. The van der Waals surface area contributed by atoms with Crippen molar-refractivity contribution < 1.29 is 9.53 Å². The third-order valence-corrected chi connectivity index (χ3v) is 4.24. The fourth-order valence-corrected chi connectivity index (χ4v) is 2.72. The van der Waals surface area contributed by atoms with Crippen LogP contribution in [-0.4, -0.2) is 5.97 Å². The van der Waals surface area contributed by atoms with Gasteiger partial charge in [0, 0.05) is 21.9 Å². The number of esters is 1. The lowest BCUT2D eigenvalue weighted by Crippen LogP contribution is -2.05. The van der Waals surface area contributed by atoms with Crippen LogP contribution < -0.4 is 5.73 Å². The number of aryl methyl sites for hydroxylation is 2. The smallest absolute Gasteiger partial charge is 0.306 e. The molecule has 1 heterocycles. The summed E-state index contributed by atoms with van der Waals surface area (Å²) in [6.07, 6.45) is 2.11. The van der Waals surface area contributed by atoms with E-state index < -0.39 is 0 Å². The zero-order valence-electron chi connectivity index (χ0n) is 11.6. The Balaban J connectivity index is 1.74. The molecule has 20 heavy (non-hydrogen) atoms. The largest absolute Gasteiger partial charge is 0.460 e. The third kappa shape index (κ3) is 4.38. The van der Waals surface area contributed by atoms with Crippen LogP contribution in [0.1, 0.15) is 28.7 Å². The van der Waals surface area contributed by atoms with Crippen LogP contribution >= 0.6 is 11.3 Å². The van der Waals surface area contributed by atoms with Crippen molar-refractivity contribution in [1.29, 1.82) is 0 Å². The predicted molar refractivity (Wildman–Crippen MR) is 82.7 cm³/mol. The molecule has 1 aromatic carbocycles. The summed E-state index contributed by atoms with van der Waals surface area (Å²) in [7, 11) is 0. The SMILES string of the molecule is CCc1ccc(COC(=O)CCc2ccc(N)cc2)s1. The summed E-state index contributed by atoms with van der Waals surface area (Å²) in [6.45, 7) is 2.50. The van der Waals surface area contributed by atoms with Gasteiger partial charge in [-0.15, -0.1) is 11.3 Å². The van der Waals surface area contributed by atoms with Crippen molar-refractivity contribution in [3.05, 3.63) is 51.7 Å². The number of nitrogens with two attached hydrogens (primary N) is 1. The lowest BCUT2D eigenvalue weighted by Gasteiger charge is -2.04. The van der Waals surface area contributed by atoms with E-state index in [1.54, 1.807) is 11.3 Å². The molecule has 3 nitrogen and oxygen atoms in total. The van der Waals surface area contributed by atoms with Crippen LogP contribution in [0.15, 0.2) is 36.4 Å². The summed E-state index contributed by atoms with van der Waals surface area (Å²) in [5.41, 5.74) is 7.45. The molecule has 0 spiro atoms. The first kappa shape index (κ1) is 14.6. The van der Waals surface area contributed by atoms with Crippen LogP contribution in [0.3, 0.4) is 0 Å². The molecule has 0 radical (unpaired) electrons. The first-order valence-corrected chi connectivity index (χ1v) is 7.56. The van der Waals surface area contributed by atoms with Crippen molar-refractivity contribution in [3.63, 3.8) is 0 Å². The highest BCUT2D eigenvalue weighted by atomic mass is 32.1. The van der Waals surface area contributed by atoms with Gasteiger partial charge >= 0.3 is 5.97 Å². The molecule has 4 heteroatoms. The standard InChI is InChI=1S/C16H19NO2S/c1-2-14-8-9-15(20-14)11-19-16(18)10-5-12-3-6-13(17)7-4-12/h3-4,6-9H,2,5,10-11,17H2,1H3. The van der Waals surface area contributed by atoms with Gasteiger partial charge in [0.2, 0.25) is 0 Å². The van der Waals surface area contributed by atoms with Crippen LogP contribution in [0.2, 0.25) is 0 Å². The van der Waals surface area contributed by atoms with Crippen molar-refractivity contribution in [3.8, 4) is 0 Å². The first-order chi connectivity index (χ1) is 9.67. The van der Waals surface area contributed by atoms with Crippen molar-refractivity contribution in [2.24, 2.45) is 0 Å². The van der Waals surface area contributed by atoms with Gasteiger partial charge in [-0.2, -0.15) is 0 Å². The van der Waals surface area contributed by atoms with Crippen molar-refractivity contribution in [2.75, 3.05) is 5.73 Å². The molecular formula is C16H19NO2S. The molecule has 1 aromatic heterocycles. The van der Waals surface area contributed by atoms with Gasteiger partial charge < -0.3 is 10.5 Å². The Morgan fingerprint density at radius 1 is 1.15 bits per heavy atom. The lowest BCUT2D eigenvalue weighted by atomic mass is 10.1. The number of nitrogen functional groups attached to an aromatic ring is 1. The number of carbonyl (C=O) groups is 1. The topological polar surface area (TPSA) is 52.3 Å². The van der Waals surface area contributed by atoms with Gasteiger partial charge in [0.1, 0.15) is 6.61 Å². The number of rotatable bonds is 6. The van der Waals surface area contributed by atoms with E-state index in [9.17, 15) is 4.79 Å². The van der Waals surface area contributed by atoms with Crippen molar-refractivity contribution in [2.45, 2.75) is 32.8 Å². The van der Waals surface area contributed by atoms with Gasteiger partial charge in [-0.1, -0.05) is 19.1 Å². The van der Waals surface area contributed by atoms with E-state index in [0.717, 1.165) is 22.5 Å². The van der Waals surface area contributed by atoms with Crippen LogP contribution in [0, 0.1) is 0 Å². The summed E-state index contributed by atoms with van der Waals surface area (Å²) < 4.78 is 5.28. The molecule has 106 valence electrons. The van der Waals surface area contributed by atoms with E-state index in [2.05, 4.69) is 13.0 Å². The number of benzene rings is 1. The Hall–Kier alpha value is -1.81. The molecule has 2 rings (SSSR count). The lowest BCUT2D eigenvalue weighted by molar-refractivity contribution is -0.144.